The van der Waals surface area contributed by atoms with E-state index in [-0.39, 0.29) is 12.5 Å². The van der Waals surface area contributed by atoms with Crippen LogP contribution in [-0.2, 0) is 0 Å². The highest BCUT2D eigenvalue weighted by atomic mass is 35.5. The van der Waals surface area contributed by atoms with Crippen LogP contribution in [0.15, 0.2) is 12.1 Å². The smallest absolute Gasteiger partial charge is 0.252 e. The number of halogens is 1. The van der Waals surface area contributed by atoms with Gasteiger partial charge in [0.25, 0.3) is 5.91 Å². The van der Waals surface area contributed by atoms with Gasteiger partial charge in [-0.3, -0.25) is 4.79 Å². The van der Waals surface area contributed by atoms with Gasteiger partial charge in [-0.05, 0) is 12.1 Å². The van der Waals surface area contributed by atoms with Crippen molar-refractivity contribution in [3.05, 3.63) is 22.7 Å². The van der Waals surface area contributed by atoms with Gasteiger partial charge in [0.15, 0.2) is 11.5 Å². The van der Waals surface area contributed by atoms with Crippen molar-refractivity contribution in [2.24, 2.45) is 0 Å². The minimum absolute atomic E-state index is 0.172. The lowest BCUT2D eigenvalue weighted by atomic mass is 10.2. The van der Waals surface area contributed by atoms with Crippen LogP contribution in [0.5, 0.6) is 11.5 Å². The molecular formula is C12H10ClNO3. The van der Waals surface area contributed by atoms with Crippen LogP contribution in [0.1, 0.15) is 10.4 Å². The summed E-state index contributed by atoms with van der Waals surface area (Å²) in [4.78, 5) is 11.7. The maximum absolute atomic E-state index is 11.7. The lowest BCUT2D eigenvalue weighted by molar-refractivity contribution is 0.0957. The highest BCUT2D eigenvalue weighted by Crippen LogP contribution is 2.38. The maximum atomic E-state index is 11.7. The molecule has 0 fully saturated rings. The highest BCUT2D eigenvalue weighted by Gasteiger charge is 2.18. The van der Waals surface area contributed by atoms with Crippen molar-refractivity contribution in [3.8, 4) is 23.8 Å². The molecule has 1 aliphatic rings. The number of ether oxygens (including phenoxy) is 2. The standard InChI is InChI=1S/C12H10ClNO3/c1-2-3-14-12(15)8-6-9(13)11-10(7-8)16-4-5-17-11/h1,6-7H,3-5H2,(H,14,15). The molecule has 88 valence electrons. The number of benzene rings is 1. The Bertz CT molecular complexity index is 493. The molecule has 0 bridgehead atoms. The molecule has 0 saturated heterocycles. The van der Waals surface area contributed by atoms with E-state index in [1.807, 2.05) is 0 Å². The van der Waals surface area contributed by atoms with Crippen LogP contribution in [0.4, 0.5) is 0 Å². The molecule has 0 atom stereocenters. The zero-order chi connectivity index (χ0) is 12.3. The van der Waals surface area contributed by atoms with E-state index in [0.29, 0.717) is 35.3 Å². The average Bonchev–Trinajstić information content (AvgIpc) is 2.36. The molecule has 0 aliphatic carbocycles. The van der Waals surface area contributed by atoms with Crippen LogP contribution in [-0.4, -0.2) is 25.7 Å². The molecule has 1 aromatic carbocycles. The fourth-order valence-corrected chi connectivity index (χ4v) is 1.74. The first kappa shape index (κ1) is 11.6. The predicted octanol–water partition coefficient (Wildman–Crippen LogP) is 1.47. The van der Waals surface area contributed by atoms with Gasteiger partial charge in [0.2, 0.25) is 0 Å². The summed E-state index contributed by atoms with van der Waals surface area (Å²) in [5, 5.41) is 2.91. The second-order valence-corrected chi connectivity index (χ2v) is 3.78. The lowest BCUT2D eigenvalue weighted by Crippen LogP contribution is -2.24. The normalized spacial score (nSPS) is 12.7. The van der Waals surface area contributed by atoms with E-state index >= 15 is 0 Å². The number of carbonyl (C=O) groups excluding carboxylic acids is 1. The Hall–Kier alpha value is -1.86. The quantitative estimate of drug-likeness (QED) is 0.810. The summed E-state index contributed by atoms with van der Waals surface area (Å²) in [7, 11) is 0. The van der Waals surface area contributed by atoms with Crippen LogP contribution >= 0.6 is 11.6 Å². The van der Waals surface area contributed by atoms with Crippen LogP contribution < -0.4 is 14.8 Å². The van der Waals surface area contributed by atoms with Crippen molar-refractivity contribution in [2.45, 2.75) is 0 Å². The maximum Gasteiger partial charge on any atom is 0.252 e. The van der Waals surface area contributed by atoms with Crippen molar-refractivity contribution in [1.29, 1.82) is 0 Å². The molecule has 0 aromatic heterocycles. The first-order valence-electron chi connectivity index (χ1n) is 5.03. The topological polar surface area (TPSA) is 47.6 Å². The van der Waals surface area contributed by atoms with Crippen molar-refractivity contribution in [3.63, 3.8) is 0 Å². The van der Waals surface area contributed by atoms with Gasteiger partial charge in [0, 0.05) is 5.56 Å². The molecule has 0 saturated carbocycles. The molecule has 0 spiro atoms. The Morgan fingerprint density at radius 2 is 2.24 bits per heavy atom. The van der Waals surface area contributed by atoms with Crippen LogP contribution in [0, 0.1) is 12.3 Å². The highest BCUT2D eigenvalue weighted by molar-refractivity contribution is 6.32. The molecule has 2 rings (SSSR count). The van der Waals surface area contributed by atoms with Crippen LogP contribution in [0.2, 0.25) is 5.02 Å². The number of carbonyl (C=O) groups is 1. The Kier molecular flexibility index (Phi) is 3.40. The average molecular weight is 252 g/mol. The Labute approximate surface area is 104 Å². The first-order chi connectivity index (χ1) is 8.22. The number of rotatable bonds is 2. The van der Waals surface area contributed by atoms with Gasteiger partial charge in [-0.15, -0.1) is 6.42 Å². The number of nitrogens with one attached hydrogen (secondary N) is 1. The van der Waals surface area contributed by atoms with E-state index in [0.717, 1.165) is 0 Å². The van der Waals surface area contributed by atoms with Gasteiger partial charge in [-0.1, -0.05) is 17.5 Å². The monoisotopic (exact) mass is 251 g/mol. The molecule has 0 radical (unpaired) electrons. The summed E-state index contributed by atoms with van der Waals surface area (Å²) >= 11 is 6.00. The van der Waals surface area contributed by atoms with E-state index in [1.165, 1.54) is 6.07 Å². The Morgan fingerprint density at radius 1 is 1.47 bits per heavy atom. The summed E-state index contributed by atoms with van der Waals surface area (Å²) in [5.41, 5.74) is 0.398. The van der Waals surface area contributed by atoms with Crippen LogP contribution in [0.25, 0.3) is 0 Å². The van der Waals surface area contributed by atoms with Gasteiger partial charge in [-0.25, -0.2) is 0 Å². The second-order valence-electron chi connectivity index (χ2n) is 3.37. The van der Waals surface area contributed by atoms with E-state index in [4.69, 9.17) is 27.5 Å². The second kappa shape index (κ2) is 4.98. The summed E-state index contributed by atoms with van der Waals surface area (Å²) in [5.74, 6) is 2.99. The largest absolute Gasteiger partial charge is 0.486 e. The number of hydrogen-bond acceptors (Lipinski definition) is 3. The first-order valence-corrected chi connectivity index (χ1v) is 5.41. The number of hydrogen-bond donors (Lipinski definition) is 1. The van der Waals surface area contributed by atoms with Gasteiger partial charge < -0.3 is 14.8 Å². The Balaban J connectivity index is 2.28. The number of terminal acetylenes is 1. The molecule has 1 amide bonds. The van der Waals surface area contributed by atoms with Crippen LogP contribution in [0.3, 0.4) is 0 Å². The molecule has 0 unspecified atom stereocenters. The summed E-state index contributed by atoms with van der Waals surface area (Å²) in [6.07, 6.45) is 5.06. The molecule has 5 heteroatoms. The summed E-state index contributed by atoms with van der Waals surface area (Å²) in [6.45, 7) is 1.07. The third-order valence-corrected chi connectivity index (χ3v) is 2.49. The minimum atomic E-state index is -0.290. The van der Waals surface area contributed by atoms with Crippen molar-refractivity contribution >= 4 is 17.5 Å². The third kappa shape index (κ3) is 2.45. The van der Waals surface area contributed by atoms with Crippen molar-refractivity contribution in [2.75, 3.05) is 19.8 Å². The van der Waals surface area contributed by atoms with Gasteiger partial charge in [-0.2, -0.15) is 0 Å². The fourth-order valence-electron chi connectivity index (χ4n) is 1.48. The minimum Gasteiger partial charge on any atom is -0.486 e. The third-order valence-electron chi connectivity index (χ3n) is 2.21. The van der Waals surface area contributed by atoms with E-state index in [9.17, 15) is 4.79 Å². The van der Waals surface area contributed by atoms with Crippen molar-refractivity contribution in [1.82, 2.24) is 5.32 Å². The van der Waals surface area contributed by atoms with Gasteiger partial charge in [0.05, 0.1) is 11.6 Å². The Morgan fingerprint density at radius 3 is 3.00 bits per heavy atom. The summed E-state index contributed by atoms with van der Waals surface area (Å²) < 4.78 is 10.7. The molecular weight excluding hydrogens is 242 g/mol. The predicted molar refractivity (Wildman–Crippen MR) is 63.6 cm³/mol. The number of fused-ring (bicyclic) bond motifs is 1. The zero-order valence-electron chi connectivity index (χ0n) is 8.96. The lowest BCUT2D eigenvalue weighted by Gasteiger charge is -2.20. The molecule has 1 N–H and O–H groups in total. The SMILES string of the molecule is C#CCNC(=O)c1cc(Cl)c2c(c1)OCCO2. The van der Waals surface area contributed by atoms with Crippen molar-refractivity contribution < 1.29 is 14.3 Å². The zero-order valence-corrected chi connectivity index (χ0v) is 9.71. The molecule has 4 nitrogen and oxygen atoms in total. The molecule has 1 aliphatic heterocycles. The van der Waals surface area contributed by atoms with Gasteiger partial charge >= 0.3 is 0 Å². The summed E-state index contributed by atoms with van der Waals surface area (Å²) in [6, 6.07) is 3.12. The molecule has 1 aromatic rings. The molecule has 1 heterocycles. The fraction of sp³-hybridized carbons (Fsp3) is 0.250. The molecule has 17 heavy (non-hydrogen) atoms. The van der Waals surface area contributed by atoms with E-state index in [2.05, 4.69) is 11.2 Å². The van der Waals surface area contributed by atoms with Gasteiger partial charge in [0.1, 0.15) is 13.2 Å². The van der Waals surface area contributed by atoms with E-state index < -0.39 is 0 Å². The number of amides is 1. The van der Waals surface area contributed by atoms with E-state index in [1.54, 1.807) is 6.07 Å².